The van der Waals surface area contributed by atoms with E-state index in [2.05, 4.69) is 30.3 Å². The van der Waals surface area contributed by atoms with Gasteiger partial charge in [-0.25, -0.2) is 10.1 Å². The van der Waals surface area contributed by atoms with Gasteiger partial charge in [0.05, 0.1) is 6.20 Å². The number of hydrogen-bond acceptors (Lipinski definition) is 8. The van der Waals surface area contributed by atoms with Crippen molar-refractivity contribution in [2.45, 2.75) is 51.4 Å². The van der Waals surface area contributed by atoms with Gasteiger partial charge in [-0.3, -0.25) is 9.59 Å². The molecule has 2 saturated heterocycles. The van der Waals surface area contributed by atoms with E-state index in [1.807, 2.05) is 24.3 Å². The number of piperidine rings is 1. The van der Waals surface area contributed by atoms with Gasteiger partial charge < -0.3 is 20.2 Å². The Balaban J connectivity index is 1.36. The number of carboxylic acids is 1. The summed E-state index contributed by atoms with van der Waals surface area (Å²) in [6.45, 7) is 3.50. The third-order valence-corrected chi connectivity index (χ3v) is 7.22. The van der Waals surface area contributed by atoms with Crippen molar-refractivity contribution in [1.82, 2.24) is 20.2 Å². The fourth-order valence-corrected chi connectivity index (χ4v) is 5.20. The zero-order valence-electron chi connectivity index (χ0n) is 20.4. The Labute approximate surface area is 209 Å². The molecule has 1 aromatic carbocycles. The van der Waals surface area contributed by atoms with Gasteiger partial charge in [-0.15, -0.1) is 0 Å². The monoisotopic (exact) mass is 491 g/mol. The van der Waals surface area contributed by atoms with Crippen LogP contribution < -0.4 is 20.7 Å². The molecule has 0 unspecified atom stereocenters. The molecule has 0 saturated carbocycles. The topological polar surface area (TPSA) is 127 Å². The van der Waals surface area contributed by atoms with E-state index in [0.717, 1.165) is 63.2 Å². The van der Waals surface area contributed by atoms with Crippen LogP contribution in [0, 0.1) is 5.92 Å². The van der Waals surface area contributed by atoms with Gasteiger partial charge in [-0.05, 0) is 55.9 Å². The molecule has 0 amide bonds. The predicted octanol–water partition coefficient (Wildman–Crippen LogP) is 3.92. The first-order valence-corrected chi connectivity index (χ1v) is 12.9. The number of benzene rings is 1. The second-order valence-corrected chi connectivity index (χ2v) is 9.79. The van der Waals surface area contributed by atoms with Crippen LogP contribution in [0.1, 0.15) is 51.4 Å². The molecular weight excluding hydrogens is 458 g/mol. The molecule has 0 bridgehead atoms. The van der Waals surface area contributed by atoms with Gasteiger partial charge in [0.15, 0.2) is 0 Å². The van der Waals surface area contributed by atoms with E-state index in [9.17, 15) is 9.59 Å². The molecule has 0 aliphatic carbocycles. The van der Waals surface area contributed by atoms with E-state index in [0.29, 0.717) is 22.7 Å². The lowest BCUT2D eigenvalue weighted by molar-refractivity contribution is -0.138. The molecule has 36 heavy (non-hydrogen) atoms. The second-order valence-electron chi connectivity index (χ2n) is 9.79. The largest absolute Gasteiger partial charge is 0.481 e. The fourth-order valence-electron chi connectivity index (χ4n) is 5.20. The van der Waals surface area contributed by atoms with Crippen molar-refractivity contribution in [3.05, 3.63) is 40.8 Å². The first kappa shape index (κ1) is 24.0. The maximum Gasteiger partial charge on any atom is 0.303 e. The zero-order chi connectivity index (χ0) is 24.9. The fraction of sp³-hybridized carbons (Fsp3) is 0.500. The molecule has 2 aliphatic rings. The Morgan fingerprint density at radius 2 is 1.67 bits per heavy atom. The SMILES string of the molecule is O=C(O)CC1CCN(c2ccc(Nc3nc(N4CCCCCCC4)nc4cn[nH]c(=O)c34)cc2)CC1. The normalized spacial score (nSPS) is 17.6. The highest BCUT2D eigenvalue weighted by atomic mass is 16.4. The molecule has 0 spiro atoms. The average molecular weight is 492 g/mol. The highest BCUT2D eigenvalue weighted by Gasteiger charge is 2.22. The first-order chi connectivity index (χ1) is 17.6. The molecule has 2 aliphatic heterocycles. The molecule has 3 N–H and O–H groups in total. The number of hydrogen-bond donors (Lipinski definition) is 3. The number of carboxylic acid groups (broad SMARTS) is 1. The predicted molar refractivity (Wildman–Crippen MR) is 140 cm³/mol. The summed E-state index contributed by atoms with van der Waals surface area (Å²) in [7, 11) is 0. The minimum absolute atomic E-state index is 0.248. The summed E-state index contributed by atoms with van der Waals surface area (Å²) in [4.78, 5) is 37.6. The van der Waals surface area contributed by atoms with Gasteiger partial charge >= 0.3 is 5.97 Å². The molecule has 2 fully saturated rings. The van der Waals surface area contributed by atoms with Gasteiger partial charge in [0.2, 0.25) is 5.95 Å². The summed E-state index contributed by atoms with van der Waals surface area (Å²) in [5, 5.41) is 19.2. The number of nitrogens with zero attached hydrogens (tertiary/aromatic N) is 5. The number of nitrogens with one attached hydrogen (secondary N) is 2. The third-order valence-electron chi connectivity index (χ3n) is 7.22. The van der Waals surface area contributed by atoms with Crippen LogP contribution in [-0.2, 0) is 4.79 Å². The molecule has 190 valence electrons. The van der Waals surface area contributed by atoms with E-state index in [1.54, 1.807) is 6.20 Å². The van der Waals surface area contributed by atoms with Crippen molar-refractivity contribution < 1.29 is 9.90 Å². The number of anilines is 4. The Hall–Kier alpha value is -3.69. The second kappa shape index (κ2) is 10.9. The maximum atomic E-state index is 12.6. The molecule has 4 heterocycles. The van der Waals surface area contributed by atoms with Crippen LogP contribution in [0.2, 0.25) is 0 Å². The lowest BCUT2D eigenvalue weighted by atomic mass is 9.93. The van der Waals surface area contributed by atoms with Crippen molar-refractivity contribution in [3.63, 3.8) is 0 Å². The highest BCUT2D eigenvalue weighted by molar-refractivity contribution is 5.90. The number of rotatable bonds is 6. The summed E-state index contributed by atoms with van der Waals surface area (Å²) < 4.78 is 0. The molecule has 3 aromatic rings. The van der Waals surface area contributed by atoms with Crippen LogP contribution in [0.3, 0.4) is 0 Å². The van der Waals surface area contributed by atoms with Gasteiger partial charge in [0.1, 0.15) is 16.7 Å². The van der Waals surface area contributed by atoms with Gasteiger partial charge in [0, 0.05) is 44.0 Å². The van der Waals surface area contributed by atoms with E-state index < -0.39 is 5.97 Å². The number of carbonyl (C=O) groups is 1. The molecule has 10 nitrogen and oxygen atoms in total. The lowest BCUT2D eigenvalue weighted by Crippen LogP contribution is -2.34. The number of fused-ring (bicyclic) bond motifs is 1. The van der Waals surface area contributed by atoms with E-state index in [1.165, 1.54) is 19.3 Å². The Bertz CT molecular complexity index is 1240. The maximum absolute atomic E-state index is 12.6. The molecule has 10 heteroatoms. The zero-order valence-corrected chi connectivity index (χ0v) is 20.4. The van der Waals surface area contributed by atoms with E-state index in [-0.39, 0.29) is 17.9 Å². The van der Waals surface area contributed by atoms with Crippen molar-refractivity contribution in [1.29, 1.82) is 0 Å². The highest BCUT2D eigenvalue weighted by Crippen LogP contribution is 2.29. The average Bonchev–Trinajstić information content (AvgIpc) is 2.84. The van der Waals surface area contributed by atoms with E-state index >= 15 is 0 Å². The minimum Gasteiger partial charge on any atom is -0.481 e. The summed E-state index contributed by atoms with van der Waals surface area (Å²) >= 11 is 0. The Kier molecular flexibility index (Phi) is 7.29. The molecule has 0 radical (unpaired) electrons. The number of H-pyrrole nitrogens is 1. The van der Waals surface area contributed by atoms with Crippen LogP contribution >= 0.6 is 0 Å². The summed E-state index contributed by atoms with van der Waals surface area (Å²) in [5.74, 6) is 0.634. The lowest BCUT2D eigenvalue weighted by Gasteiger charge is -2.33. The molecule has 0 atom stereocenters. The third kappa shape index (κ3) is 5.58. The van der Waals surface area contributed by atoms with Crippen LogP contribution in [-0.4, -0.2) is 57.4 Å². The Morgan fingerprint density at radius 1 is 0.972 bits per heavy atom. The standard InChI is InChI=1S/C26H33N7O3/c34-22(35)16-18-10-14-32(15-11-18)20-8-6-19(7-9-20)28-24-23-21(17-27-31-25(23)36)29-26(30-24)33-12-4-2-1-3-5-13-33/h6-9,17-18H,1-5,10-16H2,(H,31,36)(H,34,35)(H,28,29,30). The van der Waals surface area contributed by atoms with Gasteiger partial charge in [0.25, 0.3) is 5.56 Å². The quantitative estimate of drug-likeness (QED) is 0.470. The smallest absolute Gasteiger partial charge is 0.303 e. The van der Waals surface area contributed by atoms with E-state index in [4.69, 9.17) is 10.1 Å². The van der Waals surface area contributed by atoms with Crippen molar-refractivity contribution in [3.8, 4) is 0 Å². The first-order valence-electron chi connectivity index (χ1n) is 12.9. The summed E-state index contributed by atoms with van der Waals surface area (Å²) in [6.07, 6.45) is 9.49. The van der Waals surface area contributed by atoms with Crippen LogP contribution in [0.4, 0.5) is 23.1 Å². The Morgan fingerprint density at radius 3 is 2.36 bits per heavy atom. The van der Waals surface area contributed by atoms with Crippen molar-refractivity contribution in [2.24, 2.45) is 5.92 Å². The van der Waals surface area contributed by atoms with Crippen molar-refractivity contribution >= 4 is 40.0 Å². The number of aromatic amines is 1. The summed E-state index contributed by atoms with van der Waals surface area (Å²) in [5.41, 5.74) is 2.13. The molecule has 5 rings (SSSR count). The molecular formula is C26H33N7O3. The van der Waals surface area contributed by atoms with Crippen LogP contribution in [0.15, 0.2) is 35.3 Å². The minimum atomic E-state index is -0.717. The van der Waals surface area contributed by atoms with Crippen LogP contribution in [0.5, 0.6) is 0 Å². The van der Waals surface area contributed by atoms with Crippen molar-refractivity contribution in [2.75, 3.05) is 41.3 Å². The molecule has 2 aromatic heterocycles. The number of aromatic nitrogens is 4. The van der Waals surface area contributed by atoms with Gasteiger partial charge in [-0.1, -0.05) is 19.3 Å². The van der Waals surface area contributed by atoms with Gasteiger partial charge in [-0.2, -0.15) is 10.1 Å². The van der Waals surface area contributed by atoms with Crippen LogP contribution in [0.25, 0.3) is 10.9 Å². The number of aliphatic carboxylic acids is 1. The summed E-state index contributed by atoms with van der Waals surface area (Å²) in [6, 6.07) is 8.07.